The minimum absolute atomic E-state index is 0.270. The average Bonchev–Trinajstić information content (AvgIpc) is 2.84. The van der Waals surface area contributed by atoms with Gasteiger partial charge in [0.1, 0.15) is 5.82 Å². The Balaban J connectivity index is 1.33. The minimum atomic E-state index is -0.935. The third kappa shape index (κ3) is 5.10. The SMILES string of the molecule is COc1cc(Nc2nccc(Nc3cnc4cc(F)c(F)cc4c3)n2)cnc1N1CCOC(C)(C)C1. The van der Waals surface area contributed by atoms with Gasteiger partial charge in [-0.25, -0.2) is 18.7 Å². The first-order valence-electron chi connectivity index (χ1n) is 11.3. The van der Waals surface area contributed by atoms with Crippen LogP contribution in [0.15, 0.2) is 48.9 Å². The summed E-state index contributed by atoms with van der Waals surface area (Å²) in [5.41, 5.74) is 1.31. The van der Waals surface area contributed by atoms with Gasteiger partial charge in [-0.05, 0) is 32.0 Å². The van der Waals surface area contributed by atoms with Crippen LogP contribution < -0.4 is 20.3 Å². The highest BCUT2D eigenvalue weighted by Crippen LogP contribution is 2.32. The van der Waals surface area contributed by atoms with Crippen LogP contribution in [-0.2, 0) is 4.74 Å². The Morgan fingerprint density at radius 3 is 2.58 bits per heavy atom. The summed E-state index contributed by atoms with van der Waals surface area (Å²) in [6.45, 7) is 6.13. The molecule has 0 unspecified atom stereocenters. The number of anilines is 5. The van der Waals surface area contributed by atoms with Crippen molar-refractivity contribution in [2.45, 2.75) is 19.4 Å². The van der Waals surface area contributed by atoms with Crippen LogP contribution >= 0.6 is 0 Å². The zero-order chi connectivity index (χ0) is 25.3. The number of rotatable bonds is 6. The van der Waals surface area contributed by atoms with E-state index < -0.39 is 11.6 Å². The number of benzene rings is 1. The van der Waals surface area contributed by atoms with E-state index >= 15 is 0 Å². The van der Waals surface area contributed by atoms with Crippen LogP contribution in [0.5, 0.6) is 5.75 Å². The topological polar surface area (TPSA) is 97.3 Å². The van der Waals surface area contributed by atoms with Gasteiger partial charge in [-0.2, -0.15) is 4.98 Å². The van der Waals surface area contributed by atoms with Crippen molar-refractivity contribution in [3.8, 4) is 5.75 Å². The molecule has 4 heterocycles. The minimum Gasteiger partial charge on any atom is -0.493 e. The van der Waals surface area contributed by atoms with Gasteiger partial charge in [-0.15, -0.1) is 0 Å². The van der Waals surface area contributed by atoms with E-state index in [-0.39, 0.29) is 5.60 Å². The van der Waals surface area contributed by atoms with Gasteiger partial charge in [-0.1, -0.05) is 0 Å². The molecular formula is C25H25F2N7O2. The molecule has 1 fully saturated rings. The molecule has 0 saturated carbocycles. The maximum Gasteiger partial charge on any atom is 0.229 e. The van der Waals surface area contributed by atoms with Crippen LogP contribution in [0.4, 0.5) is 37.7 Å². The van der Waals surface area contributed by atoms with Crippen molar-refractivity contribution in [2.24, 2.45) is 0 Å². The maximum atomic E-state index is 13.6. The number of ether oxygens (including phenoxy) is 2. The average molecular weight is 494 g/mol. The second kappa shape index (κ2) is 9.50. The molecular weight excluding hydrogens is 468 g/mol. The summed E-state index contributed by atoms with van der Waals surface area (Å²) in [6.07, 6.45) is 4.82. The molecule has 1 saturated heterocycles. The smallest absolute Gasteiger partial charge is 0.229 e. The number of hydrogen-bond acceptors (Lipinski definition) is 9. The van der Waals surface area contributed by atoms with Gasteiger partial charge in [0.05, 0.1) is 48.6 Å². The number of fused-ring (bicyclic) bond motifs is 1. The van der Waals surface area contributed by atoms with Gasteiger partial charge in [0.2, 0.25) is 5.95 Å². The van der Waals surface area contributed by atoms with E-state index in [0.29, 0.717) is 52.9 Å². The van der Waals surface area contributed by atoms with E-state index in [9.17, 15) is 8.78 Å². The van der Waals surface area contributed by atoms with Crippen molar-refractivity contribution in [2.75, 3.05) is 42.3 Å². The normalized spacial score (nSPS) is 15.1. The lowest BCUT2D eigenvalue weighted by atomic mass is 10.1. The Bertz CT molecular complexity index is 1420. The summed E-state index contributed by atoms with van der Waals surface area (Å²) in [6, 6.07) is 7.37. The number of halogens is 2. The molecule has 11 heteroatoms. The van der Waals surface area contributed by atoms with Gasteiger partial charge >= 0.3 is 0 Å². The first kappa shape index (κ1) is 23.6. The molecule has 0 amide bonds. The molecule has 3 aromatic heterocycles. The third-order valence-electron chi connectivity index (χ3n) is 5.69. The number of methoxy groups -OCH3 is 1. The van der Waals surface area contributed by atoms with E-state index in [2.05, 4.69) is 35.5 Å². The Kier molecular flexibility index (Phi) is 6.23. The van der Waals surface area contributed by atoms with Gasteiger partial charge in [0.15, 0.2) is 23.2 Å². The van der Waals surface area contributed by atoms with Crippen molar-refractivity contribution >= 4 is 39.9 Å². The van der Waals surface area contributed by atoms with Crippen LogP contribution in [0.1, 0.15) is 13.8 Å². The fourth-order valence-corrected chi connectivity index (χ4v) is 4.05. The highest BCUT2D eigenvalue weighted by atomic mass is 19.2. The number of nitrogens with zero attached hydrogens (tertiary/aromatic N) is 5. The largest absolute Gasteiger partial charge is 0.493 e. The lowest BCUT2D eigenvalue weighted by Gasteiger charge is -2.39. The highest BCUT2D eigenvalue weighted by molar-refractivity contribution is 5.82. The van der Waals surface area contributed by atoms with Crippen molar-refractivity contribution in [1.82, 2.24) is 19.9 Å². The van der Waals surface area contributed by atoms with Crippen molar-refractivity contribution in [3.05, 3.63) is 60.6 Å². The van der Waals surface area contributed by atoms with Gasteiger partial charge < -0.3 is 25.0 Å². The summed E-state index contributed by atoms with van der Waals surface area (Å²) in [4.78, 5) is 19.7. The molecule has 1 aromatic carbocycles. The molecule has 0 atom stereocenters. The van der Waals surface area contributed by atoms with Crippen LogP contribution in [0.3, 0.4) is 0 Å². The molecule has 1 aliphatic heterocycles. The standard InChI is InChI=1S/C25H25F2N7O2/c1-25(2)14-34(6-7-36-25)23-21(35-3)10-17(13-30-23)32-24-28-5-4-22(33-24)31-16-8-15-9-18(26)19(27)11-20(15)29-12-16/h4-5,8-13H,6-7,14H2,1-3H3,(H2,28,31,32,33). The van der Waals surface area contributed by atoms with Crippen LogP contribution in [0.25, 0.3) is 10.9 Å². The lowest BCUT2D eigenvalue weighted by Crippen LogP contribution is -2.48. The molecule has 186 valence electrons. The summed E-state index contributed by atoms with van der Waals surface area (Å²) >= 11 is 0. The third-order valence-corrected chi connectivity index (χ3v) is 5.69. The summed E-state index contributed by atoms with van der Waals surface area (Å²) in [5.74, 6) is 0.334. The van der Waals surface area contributed by atoms with Gasteiger partial charge in [0.25, 0.3) is 0 Å². The zero-order valence-electron chi connectivity index (χ0n) is 20.0. The van der Waals surface area contributed by atoms with E-state index in [1.54, 1.807) is 31.6 Å². The molecule has 2 N–H and O–H groups in total. The quantitative estimate of drug-likeness (QED) is 0.392. The van der Waals surface area contributed by atoms with Crippen molar-refractivity contribution < 1.29 is 18.3 Å². The van der Waals surface area contributed by atoms with Gasteiger partial charge in [-0.3, -0.25) is 4.98 Å². The molecule has 0 spiro atoms. The first-order valence-corrected chi connectivity index (χ1v) is 11.3. The second-order valence-corrected chi connectivity index (χ2v) is 8.98. The Morgan fingerprint density at radius 2 is 1.78 bits per heavy atom. The fourth-order valence-electron chi connectivity index (χ4n) is 4.05. The molecule has 0 bridgehead atoms. The maximum absolute atomic E-state index is 13.6. The predicted octanol–water partition coefficient (Wildman–Crippen LogP) is 4.81. The van der Waals surface area contributed by atoms with Crippen LogP contribution in [0.2, 0.25) is 0 Å². The highest BCUT2D eigenvalue weighted by Gasteiger charge is 2.29. The molecule has 36 heavy (non-hydrogen) atoms. The van der Waals surface area contributed by atoms with Gasteiger partial charge in [0, 0.05) is 36.8 Å². The predicted molar refractivity (Wildman–Crippen MR) is 133 cm³/mol. The summed E-state index contributed by atoms with van der Waals surface area (Å²) < 4.78 is 38.5. The fraction of sp³-hybridized carbons (Fsp3) is 0.280. The zero-order valence-corrected chi connectivity index (χ0v) is 20.0. The number of nitrogens with one attached hydrogen (secondary N) is 2. The number of morpholine rings is 1. The molecule has 5 rings (SSSR count). The molecule has 4 aromatic rings. The molecule has 9 nitrogen and oxygen atoms in total. The summed E-state index contributed by atoms with van der Waals surface area (Å²) in [5, 5.41) is 6.72. The molecule has 1 aliphatic rings. The Morgan fingerprint density at radius 1 is 1.00 bits per heavy atom. The van der Waals surface area contributed by atoms with Crippen LogP contribution in [0, 0.1) is 11.6 Å². The number of aromatic nitrogens is 4. The number of hydrogen-bond donors (Lipinski definition) is 2. The Labute approximate surface area is 206 Å². The van der Waals surface area contributed by atoms with Crippen molar-refractivity contribution in [3.63, 3.8) is 0 Å². The molecule has 0 aliphatic carbocycles. The molecule has 0 radical (unpaired) electrons. The summed E-state index contributed by atoms with van der Waals surface area (Å²) in [7, 11) is 1.61. The van der Waals surface area contributed by atoms with E-state index in [4.69, 9.17) is 9.47 Å². The van der Waals surface area contributed by atoms with Crippen molar-refractivity contribution in [1.29, 1.82) is 0 Å². The van der Waals surface area contributed by atoms with E-state index in [0.717, 1.165) is 24.5 Å². The first-order chi connectivity index (χ1) is 17.3. The van der Waals surface area contributed by atoms with Crippen LogP contribution in [-0.4, -0.2) is 52.3 Å². The Hall–Kier alpha value is -4.12. The monoisotopic (exact) mass is 493 g/mol. The number of pyridine rings is 2. The van der Waals surface area contributed by atoms with E-state index in [1.807, 2.05) is 19.9 Å². The second-order valence-electron chi connectivity index (χ2n) is 8.98. The van der Waals surface area contributed by atoms with E-state index in [1.165, 1.54) is 6.20 Å². The lowest BCUT2D eigenvalue weighted by molar-refractivity contribution is -0.0280.